The lowest BCUT2D eigenvalue weighted by atomic mass is 9.86. The molecular formula is C12H18ClNO2. The van der Waals surface area contributed by atoms with Gasteiger partial charge in [-0.05, 0) is 25.5 Å². The lowest BCUT2D eigenvalue weighted by Crippen LogP contribution is -2.43. The third kappa shape index (κ3) is 2.48. The lowest BCUT2D eigenvalue weighted by Gasteiger charge is -2.33. The van der Waals surface area contributed by atoms with E-state index in [1.807, 2.05) is 24.3 Å². The minimum atomic E-state index is -0.773. The normalized spacial score (nSPS) is 24.6. The van der Waals surface area contributed by atoms with Crippen molar-refractivity contribution in [1.29, 1.82) is 0 Å². The van der Waals surface area contributed by atoms with E-state index >= 15 is 0 Å². The van der Waals surface area contributed by atoms with Crippen molar-refractivity contribution >= 4 is 12.4 Å². The topological polar surface area (TPSA) is 41.5 Å². The number of benzene rings is 1. The quantitative estimate of drug-likeness (QED) is 0.831. The van der Waals surface area contributed by atoms with Crippen molar-refractivity contribution in [2.75, 3.05) is 20.2 Å². The molecular weight excluding hydrogens is 226 g/mol. The van der Waals surface area contributed by atoms with Gasteiger partial charge in [0.05, 0.1) is 7.11 Å². The second-order valence-corrected chi connectivity index (χ2v) is 4.01. The number of β-amino-alcohol motifs (C(OH)–C–C–N with tert-alkyl or cyclic N) is 1. The number of ether oxygens (including phenoxy) is 1. The zero-order valence-electron chi connectivity index (χ0n) is 9.40. The molecule has 16 heavy (non-hydrogen) atoms. The number of nitrogens with one attached hydrogen (secondary N) is 1. The van der Waals surface area contributed by atoms with Gasteiger partial charge in [0.1, 0.15) is 11.4 Å². The van der Waals surface area contributed by atoms with Crippen LogP contribution in [-0.2, 0) is 5.60 Å². The Hall–Kier alpha value is -0.770. The van der Waals surface area contributed by atoms with E-state index in [0.29, 0.717) is 6.54 Å². The molecule has 1 aliphatic heterocycles. The Balaban J connectivity index is 0.00000128. The van der Waals surface area contributed by atoms with E-state index in [1.54, 1.807) is 7.11 Å². The van der Waals surface area contributed by atoms with Gasteiger partial charge in [-0.15, -0.1) is 12.4 Å². The highest BCUT2D eigenvalue weighted by Crippen LogP contribution is 2.34. The summed E-state index contributed by atoms with van der Waals surface area (Å²) in [6, 6.07) is 7.68. The molecule has 90 valence electrons. The molecule has 0 bridgehead atoms. The van der Waals surface area contributed by atoms with Gasteiger partial charge >= 0.3 is 0 Å². The van der Waals surface area contributed by atoms with Crippen LogP contribution in [0.5, 0.6) is 5.75 Å². The van der Waals surface area contributed by atoms with Crippen molar-refractivity contribution < 1.29 is 9.84 Å². The number of hydrogen-bond donors (Lipinski definition) is 2. The van der Waals surface area contributed by atoms with Crippen molar-refractivity contribution in [2.24, 2.45) is 0 Å². The van der Waals surface area contributed by atoms with Gasteiger partial charge in [0.2, 0.25) is 0 Å². The molecule has 1 aliphatic rings. The highest BCUT2D eigenvalue weighted by Gasteiger charge is 2.33. The summed E-state index contributed by atoms with van der Waals surface area (Å²) in [6.07, 6.45) is 1.79. The van der Waals surface area contributed by atoms with E-state index in [1.165, 1.54) is 0 Å². The van der Waals surface area contributed by atoms with Crippen molar-refractivity contribution in [1.82, 2.24) is 5.32 Å². The summed E-state index contributed by atoms with van der Waals surface area (Å²) >= 11 is 0. The summed E-state index contributed by atoms with van der Waals surface area (Å²) in [5, 5.41) is 13.7. The molecule has 1 aromatic rings. The molecule has 1 unspecified atom stereocenters. The van der Waals surface area contributed by atoms with E-state index < -0.39 is 5.60 Å². The van der Waals surface area contributed by atoms with Crippen LogP contribution in [0, 0.1) is 0 Å². The number of hydrogen-bond acceptors (Lipinski definition) is 3. The average Bonchev–Trinajstić information content (AvgIpc) is 2.30. The van der Waals surface area contributed by atoms with Crippen LogP contribution in [0.3, 0.4) is 0 Å². The molecule has 0 saturated carbocycles. The molecule has 1 saturated heterocycles. The van der Waals surface area contributed by atoms with Crippen molar-refractivity contribution in [3.8, 4) is 5.75 Å². The summed E-state index contributed by atoms with van der Waals surface area (Å²) in [6.45, 7) is 1.59. The van der Waals surface area contributed by atoms with Gasteiger partial charge in [0.15, 0.2) is 0 Å². The fourth-order valence-electron chi connectivity index (χ4n) is 2.15. The van der Waals surface area contributed by atoms with E-state index in [-0.39, 0.29) is 12.4 Å². The Morgan fingerprint density at radius 2 is 2.12 bits per heavy atom. The molecule has 0 spiro atoms. The fourth-order valence-corrected chi connectivity index (χ4v) is 2.15. The second kappa shape index (κ2) is 5.53. The highest BCUT2D eigenvalue weighted by atomic mass is 35.5. The Morgan fingerprint density at radius 1 is 1.38 bits per heavy atom. The zero-order valence-corrected chi connectivity index (χ0v) is 10.2. The first-order chi connectivity index (χ1) is 7.26. The minimum Gasteiger partial charge on any atom is -0.496 e. The van der Waals surface area contributed by atoms with Crippen LogP contribution in [0.2, 0.25) is 0 Å². The van der Waals surface area contributed by atoms with Gasteiger partial charge in [-0.2, -0.15) is 0 Å². The first-order valence-corrected chi connectivity index (χ1v) is 5.33. The van der Waals surface area contributed by atoms with Crippen LogP contribution in [0.25, 0.3) is 0 Å². The molecule has 0 aromatic heterocycles. The molecule has 1 fully saturated rings. The van der Waals surface area contributed by atoms with Crippen molar-refractivity contribution in [3.05, 3.63) is 29.8 Å². The van der Waals surface area contributed by atoms with Gasteiger partial charge in [0.25, 0.3) is 0 Å². The van der Waals surface area contributed by atoms with Gasteiger partial charge in [-0.1, -0.05) is 18.2 Å². The Morgan fingerprint density at radius 3 is 2.75 bits per heavy atom. The number of methoxy groups -OCH3 is 1. The third-order valence-corrected chi connectivity index (χ3v) is 2.97. The average molecular weight is 244 g/mol. The maximum Gasteiger partial charge on any atom is 0.124 e. The summed E-state index contributed by atoms with van der Waals surface area (Å²) in [7, 11) is 1.64. The number of halogens is 1. The summed E-state index contributed by atoms with van der Waals surface area (Å²) in [4.78, 5) is 0. The van der Waals surface area contributed by atoms with Crippen LogP contribution in [0.4, 0.5) is 0 Å². The van der Waals surface area contributed by atoms with Crippen molar-refractivity contribution in [2.45, 2.75) is 18.4 Å². The maximum atomic E-state index is 10.5. The molecule has 3 nitrogen and oxygen atoms in total. The van der Waals surface area contributed by atoms with Crippen LogP contribution >= 0.6 is 12.4 Å². The first-order valence-electron chi connectivity index (χ1n) is 5.33. The number of para-hydroxylation sites is 1. The van der Waals surface area contributed by atoms with Gasteiger partial charge in [-0.25, -0.2) is 0 Å². The number of piperidine rings is 1. The van der Waals surface area contributed by atoms with Crippen LogP contribution < -0.4 is 10.1 Å². The summed E-state index contributed by atoms with van der Waals surface area (Å²) in [5.74, 6) is 0.767. The van der Waals surface area contributed by atoms with Gasteiger partial charge in [0, 0.05) is 12.1 Å². The lowest BCUT2D eigenvalue weighted by molar-refractivity contribution is 0.0102. The third-order valence-electron chi connectivity index (χ3n) is 2.97. The van der Waals surface area contributed by atoms with E-state index in [2.05, 4.69) is 5.32 Å². The van der Waals surface area contributed by atoms with Gasteiger partial charge < -0.3 is 15.2 Å². The Kier molecular flexibility index (Phi) is 4.59. The number of aliphatic hydroxyl groups is 1. The van der Waals surface area contributed by atoms with Crippen LogP contribution in [0.15, 0.2) is 24.3 Å². The molecule has 2 N–H and O–H groups in total. The SMILES string of the molecule is COc1ccccc1C1(O)CCCNC1.Cl. The Bertz CT molecular complexity index is 338. The molecule has 0 amide bonds. The molecule has 0 aliphatic carbocycles. The molecule has 1 atom stereocenters. The monoisotopic (exact) mass is 243 g/mol. The van der Waals surface area contributed by atoms with Crippen LogP contribution in [0.1, 0.15) is 18.4 Å². The molecule has 4 heteroatoms. The van der Waals surface area contributed by atoms with Crippen molar-refractivity contribution in [3.63, 3.8) is 0 Å². The van der Waals surface area contributed by atoms with Crippen LogP contribution in [-0.4, -0.2) is 25.3 Å². The predicted octanol–water partition coefficient (Wildman–Crippen LogP) is 1.69. The fraction of sp³-hybridized carbons (Fsp3) is 0.500. The zero-order chi connectivity index (χ0) is 10.7. The molecule has 1 aromatic carbocycles. The number of rotatable bonds is 2. The largest absolute Gasteiger partial charge is 0.496 e. The van der Waals surface area contributed by atoms with E-state index in [4.69, 9.17) is 4.74 Å². The highest BCUT2D eigenvalue weighted by molar-refractivity contribution is 5.85. The second-order valence-electron chi connectivity index (χ2n) is 4.01. The smallest absolute Gasteiger partial charge is 0.124 e. The molecule has 2 rings (SSSR count). The summed E-state index contributed by atoms with van der Waals surface area (Å²) in [5.41, 5.74) is 0.116. The molecule has 1 heterocycles. The van der Waals surface area contributed by atoms with Gasteiger partial charge in [-0.3, -0.25) is 0 Å². The first kappa shape index (κ1) is 13.3. The maximum absolute atomic E-state index is 10.5. The van der Waals surface area contributed by atoms with E-state index in [9.17, 15) is 5.11 Å². The minimum absolute atomic E-state index is 0. The summed E-state index contributed by atoms with van der Waals surface area (Å²) < 4.78 is 5.28. The van der Waals surface area contributed by atoms with E-state index in [0.717, 1.165) is 30.7 Å². The predicted molar refractivity (Wildman–Crippen MR) is 66.2 cm³/mol. The molecule has 0 radical (unpaired) electrons. The standard InChI is InChI=1S/C12H17NO2.ClH/c1-15-11-6-3-2-5-10(11)12(14)7-4-8-13-9-12;/h2-3,5-6,13-14H,4,7-9H2,1H3;1H. The Labute approximate surface area is 102 Å².